The van der Waals surface area contributed by atoms with Gasteiger partial charge in [0.2, 0.25) is 5.91 Å². The van der Waals surface area contributed by atoms with E-state index < -0.39 is 12.1 Å². The number of likely N-dealkylation sites (tertiary alicyclic amines) is 2. The van der Waals surface area contributed by atoms with Gasteiger partial charge in [-0.25, -0.2) is 0 Å². The van der Waals surface area contributed by atoms with Crippen LogP contribution in [0.3, 0.4) is 0 Å². The lowest BCUT2D eigenvalue weighted by Gasteiger charge is -2.32. The number of likely N-dealkylation sites (N-methyl/N-ethyl adjacent to an activating group) is 1. The number of ketones is 1. The van der Waals surface area contributed by atoms with E-state index in [2.05, 4.69) is 48.4 Å². The van der Waals surface area contributed by atoms with Crippen molar-refractivity contribution < 1.29 is 19.1 Å². The van der Waals surface area contributed by atoms with Gasteiger partial charge in [0, 0.05) is 18.2 Å². The van der Waals surface area contributed by atoms with E-state index in [0.717, 1.165) is 32.0 Å². The molecular weight excluding hydrogens is 468 g/mol. The monoisotopic (exact) mass is 510 g/mol. The van der Waals surface area contributed by atoms with Crippen molar-refractivity contribution in [3.05, 3.63) is 35.4 Å². The van der Waals surface area contributed by atoms with Crippen LogP contribution in [0.15, 0.2) is 24.3 Å². The molecule has 4 fully saturated rings. The largest absolute Gasteiger partial charge is 0.366 e. The summed E-state index contributed by atoms with van der Waals surface area (Å²) in [5.74, 6) is -0.00579. The van der Waals surface area contributed by atoms with Crippen molar-refractivity contribution >= 4 is 17.6 Å². The average molecular weight is 511 g/mol. The standard InChI is InChI=1S/C29H42N4O4/c1-29(2,3)15-22(28(36)33-16-23(30-4)26-25(33)24(34)17-37-26)31-27(35)20-7-5-18(6-8-20)19-11-13-32(14-12-19)21-9-10-21/h5-8,19,21-23,25-26,30H,9-17H2,1-4H3,(H,31,35)/t22-,23-,25+,26+/m0/s1. The molecule has 0 aromatic heterocycles. The highest BCUT2D eigenvalue weighted by Crippen LogP contribution is 2.35. The van der Waals surface area contributed by atoms with Crippen LogP contribution >= 0.6 is 0 Å². The van der Waals surface area contributed by atoms with Crippen LogP contribution in [0.2, 0.25) is 0 Å². The average Bonchev–Trinajstić information content (AvgIpc) is 3.56. The van der Waals surface area contributed by atoms with Crippen LogP contribution in [0.4, 0.5) is 0 Å². The first-order valence-electron chi connectivity index (χ1n) is 13.9. The molecule has 2 N–H and O–H groups in total. The number of carbonyl (C=O) groups is 3. The predicted octanol–water partition coefficient (Wildman–Crippen LogP) is 2.33. The number of carbonyl (C=O) groups excluding carboxylic acids is 3. The fourth-order valence-corrected chi connectivity index (χ4v) is 6.34. The fourth-order valence-electron chi connectivity index (χ4n) is 6.34. The summed E-state index contributed by atoms with van der Waals surface area (Å²) in [5, 5.41) is 6.19. The second-order valence-electron chi connectivity index (χ2n) is 12.5. The zero-order chi connectivity index (χ0) is 26.3. The van der Waals surface area contributed by atoms with E-state index >= 15 is 0 Å². The minimum atomic E-state index is -0.719. The van der Waals surface area contributed by atoms with Crippen LogP contribution in [0, 0.1) is 5.41 Å². The van der Waals surface area contributed by atoms with Gasteiger partial charge < -0.3 is 25.2 Å². The molecule has 4 aliphatic rings. The maximum atomic E-state index is 13.8. The minimum absolute atomic E-state index is 0.0273. The SMILES string of the molecule is CN[C@H]1CN(C(=O)[C@H](CC(C)(C)C)NC(=O)c2ccc(C3CCN(C4CC4)CC3)cc2)[C@@H]2C(=O)CO[C@H]12. The van der Waals surface area contributed by atoms with Crippen molar-refractivity contribution in [2.45, 2.75) is 89.1 Å². The summed E-state index contributed by atoms with van der Waals surface area (Å²) in [6.07, 6.45) is 5.17. The van der Waals surface area contributed by atoms with Crippen LogP contribution in [0.25, 0.3) is 0 Å². The van der Waals surface area contributed by atoms with Gasteiger partial charge in [0.1, 0.15) is 24.8 Å². The number of Topliss-reactive ketones (excluding diaryl/α,β-unsaturated/α-hetero) is 1. The Bertz CT molecular complexity index is 1010. The molecule has 8 heteroatoms. The van der Waals surface area contributed by atoms with Crippen LogP contribution in [0.1, 0.15) is 74.7 Å². The highest BCUT2D eigenvalue weighted by molar-refractivity contribution is 5.99. The smallest absolute Gasteiger partial charge is 0.251 e. The molecule has 2 amide bonds. The topological polar surface area (TPSA) is 91.0 Å². The van der Waals surface area contributed by atoms with Crippen molar-refractivity contribution in [2.24, 2.45) is 5.41 Å². The van der Waals surface area contributed by atoms with Gasteiger partial charge >= 0.3 is 0 Å². The van der Waals surface area contributed by atoms with Gasteiger partial charge in [0.05, 0.1) is 6.04 Å². The molecule has 5 rings (SSSR count). The summed E-state index contributed by atoms with van der Waals surface area (Å²) in [6.45, 7) is 8.89. The van der Waals surface area contributed by atoms with Crippen molar-refractivity contribution in [3.8, 4) is 0 Å². The summed E-state index contributed by atoms with van der Waals surface area (Å²) in [7, 11) is 1.82. The summed E-state index contributed by atoms with van der Waals surface area (Å²) < 4.78 is 5.69. The maximum absolute atomic E-state index is 13.8. The molecule has 3 heterocycles. The van der Waals surface area contributed by atoms with E-state index in [1.165, 1.54) is 18.4 Å². The lowest BCUT2D eigenvalue weighted by molar-refractivity contribution is -0.138. The van der Waals surface area contributed by atoms with E-state index in [9.17, 15) is 14.4 Å². The first kappa shape index (κ1) is 26.3. The molecule has 3 aliphatic heterocycles. The second-order valence-corrected chi connectivity index (χ2v) is 12.5. The number of rotatable bonds is 7. The number of hydrogen-bond acceptors (Lipinski definition) is 6. The number of fused-ring (bicyclic) bond motifs is 1. The first-order valence-corrected chi connectivity index (χ1v) is 13.9. The third-order valence-electron chi connectivity index (χ3n) is 8.50. The summed E-state index contributed by atoms with van der Waals surface area (Å²) in [6, 6.07) is 7.33. The molecule has 1 aromatic rings. The quantitative estimate of drug-likeness (QED) is 0.585. The van der Waals surface area contributed by atoms with Crippen LogP contribution < -0.4 is 10.6 Å². The molecular formula is C29H42N4O4. The summed E-state index contributed by atoms with van der Waals surface area (Å²) in [5.41, 5.74) is 1.65. The molecule has 0 radical (unpaired) electrons. The third-order valence-corrected chi connectivity index (χ3v) is 8.50. The molecule has 1 aromatic carbocycles. The fraction of sp³-hybridized carbons (Fsp3) is 0.690. The van der Waals surface area contributed by atoms with Gasteiger partial charge in [-0.3, -0.25) is 14.4 Å². The molecule has 1 aliphatic carbocycles. The van der Waals surface area contributed by atoms with Gasteiger partial charge in [-0.1, -0.05) is 32.9 Å². The van der Waals surface area contributed by atoms with E-state index in [-0.39, 0.29) is 41.8 Å². The van der Waals surface area contributed by atoms with Crippen LogP contribution in [0.5, 0.6) is 0 Å². The summed E-state index contributed by atoms with van der Waals surface area (Å²) >= 11 is 0. The Morgan fingerprint density at radius 1 is 1.08 bits per heavy atom. The maximum Gasteiger partial charge on any atom is 0.251 e. The number of nitrogens with one attached hydrogen (secondary N) is 2. The molecule has 0 spiro atoms. The van der Waals surface area contributed by atoms with E-state index in [1.807, 2.05) is 19.2 Å². The number of nitrogens with zero attached hydrogens (tertiary/aromatic N) is 2. The van der Waals surface area contributed by atoms with E-state index in [4.69, 9.17) is 4.74 Å². The molecule has 0 bridgehead atoms. The molecule has 202 valence electrons. The zero-order valence-electron chi connectivity index (χ0n) is 22.7. The normalized spacial score (nSPS) is 27.8. The van der Waals surface area contributed by atoms with E-state index in [1.54, 1.807) is 4.90 Å². The van der Waals surface area contributed by atoms with Gasteiger partial charge in [-0.05, 0) is 81.3 Å². The van der Waals surface area contributed by atoms with Crippen molar-refractivity contribution in [3.63, 3.8) is 0 Å². The Balaban J connectivity index is 1.26. The second kappa shape index (κ2) is 10.5. The Labute approximate surface area is 220 Å². The first-order chi connectivity index (χ1) is 17.6. The predicted molar refractivity (Wildman–Crippen MR) is 141 cm³/mol. The minimum Gasteiger partial charge on any atom is -0.366 e. The molecule has 3 saturated heterocycles. The Hall–Kier alpha value is -2.29. The molecule has 37 heavy (non-hydrogen) atoms. The van der Waals surface area contributed by atoms with Crippen LogP contribution in [-0.2, 0) is 14.3 Å². The van der Waals surface area contributed by atoms with Gasteiger partial charge in [-0.15, -0.1) is 0 Å². The Morgan fingerprint density at radius 3 is 2.35 bits per heavy atom. The van der Waals surface area contributed by atoms with Crippen molar-refractivity contribution in [2.75, 3.05) is 33.3 Å². The highest BCUT2D eigenvalue weighted by atomic mass is 16.5. The number of ether oxygens (including phenoxy) is 1. The Kier molecular flexibility index (Phi) is 7.44. The lowest BCUT2D eigenvalue weighted by atomic mass is 9.87. The number of piperidine rings is 1. The lowest BCUT2D eigenvalue weighted by Crippen LogP contribution is -2.53. The van der Waals surface area contributed by atoms with Crippen molar-refractivity contribution in [1.82, 2.24) is 20.4 Å². The summed E-state index contributed by atoms with van der Waals surface area (Å²) in [4.78, 5) is 43.8. The van der Waals surface area contributed by atoms with Crippen molar-refractivity contribution in [1.29, 1.82) is 0 Å². The molecule has 8 nitrogen and oxygen atoms in total. The van der Waals surface area contributed by atoms with Crippen LogP contribution in [-0.4, -0.2) is 91.0 Å². The van der Waals surface area contributed by atoms with Gasteiger partial charge in [-0.2, -0.15) is 0 Å². The molecule has 1 saturated carbocycles. The molecule has 4 atom stereocenters. The molecule has 0 unspecified atom stereocenters. The van der Waals surface area contributed by atoms with Gasteiger partial charge in [0.15, 0.2) is 5.78 Å². The number of amides is 2. The third kappa shape index (κ3) is 5.76. The van der Waals surface area contributed by atoms with Gasteiger partial charge in [0.25, 0.3) is 5.91 Å². The number of benzene rings is 1. The Morgan fingerprint density at radius 2 is 1.76 bits per heavy atom. The highest BCUT2D eigenvalue weighted by Gasteiger charge is 2.53. The number of hydrogen-bond donors (Lipinski definition) is 2. The zero-order valence-corrected chi connectivity index (χ0v) is 22.7. The van der Waals surface area contributed by atoms with E-state index in [0.29, 0.717) is 24.4 Å².